The van der Waals surface area contributed by atoms with Crippen molar-refractivity contribution in [2.24, 2.45) is 5.41 Å². The van der Waals surface area contributed by atoms with Crippen molar-refractivity contribution in [3.63, 3.8) is 0 Å². The molecule has 0 spiro atoms. The minimum absolute atomic E-state index is 0.420. The Morgan fingerprint density at radius 2 is 2.14 bits per heavy atom. The maximum atomic E-state index is 11.2. The van der Waals surface area contributed by atoms with Gasteiger partial charge in [-0.05, 0) is 26.9 Å². The van der Waals surface area contributed by atoms with E-state index in [0.717, 1.165) is 12.8 Å². The molecule has 4 nitrogen and oxygen atoms in total. The van der Waals surface area contributed by atoms with Crippen LogP contribution in [-0.4, -0.2) is 47.8 Å². The zero-order valence-corrected chi connectivity index (χ0v) is 8.86. The van der Waals surface area contributed by atoms with Crippen LogP contribution >= 0.6 is 0 Å². The first-order chi connectivity index (χ1) is 6.49. The molecule has 82 valence electrons. The van der Waals surface area contributed by atoms with Crippen LogP contribution in [-0.2, 0) is 4.79 Å². The molecule has 1 fully saturated rings. The van der Waals surface area contributed by atoms with Crippen molar-refractivity contribution in [3.05, 3.63) is 0 Å². The third-order valence-electron chi connectivity index (χ3n) is 3.01. The molecule has 0 aromatic carbocycles. The third-order valence-corrected chi connectivity index (χ3v) is 3.01. The van der Waals surface area contributed by atoms with Crippen molar-refractivity contribution in [1.82, 2.24) is 4.90 Å². The summed E-state index contributed by atoms with van der Waals surface area (Å²) in [6.07, 6.45) is 2.33. The normalized spacial score (nSPS) is 33.3. The van der Waals surface area contributed by atoms with Gasteiger partial charge in [0, 0.05) is 6.54 Å². The van der Waals surface area contributed by atoms with Crippen LogP contribution in [0.25, 0.3) is 0 Å². The van der Waals surface area contributed by atoms with Crippen LogP contribution in [0.3, 0.4) is 0 Å². The van der Waals surface area contributed by atoms with Gasteiger partial charge in [0.25, 0.3) is 0 Å². The number of carbonyl (C=O) groups is 1. The molecular formula is C10H19NO3. The fourth-order valence-electron chi connectivity index (χ4n) is 2.29. The van der Waals surface area contributed by atoms with Gasteiger partial charge in [-0.2, -0.15) is 0 Å². The number of aliphatic hydroxyl groups excluding tert-OH is 1. The molecule has 0 heterocycles. The van der Waals surface area contributed by atoms with Gasteiger partial charge < -0.3 is 15.1 Å². The van der Waals surface area contributed by atoms with Crippen LogP contribution in [0.2, 0.25) is 0 Å². The summed E-state index contributed by atoms with van der Waals surface area (Å²) in [5.74, 6) is -0.863. The summed E-state index contributed by atoms with van der Waals surface area (Å²) >= 11 is 0. The van der Waals surface area contributed by atoms with Gasteiger partial charge in [0.15, 0.2) is 0 Å². The second-order valence-electron chi connectivity index (χ2n) is 4.46. The molecule has 0 bridgehead atoms. The van der Waals surface area contributed by atoms with Gasteiger partial charge in [0.2, 0.25) is 0 Å². The summed E-state index contributed by atoms with van der Waals surface area (Å²) in [5, 5.41) is 19.1. The molecule has 0 aromatic heterocycles. The summed E-state index contributed by atoms with van der Waals surface area (Å²) in [4.78, 5) is 13.1. The highest BCUT2D eigenvalue weighted by molar-refractivity contribution is 5.76. The number of nitrogens with zero attached hydrogens (tertiary/aromatic N) is 1. The predicted octanol–water partition coefficient (Wildman–Crippen LogP) is 0.554. The molecule has 2 N–H and O–H groups in total. The zero-order valence-electron chi connectivity index (χ0n) is 8.86. The number of aliphatic carboxylic acids is 1. The smallest absolute Gasteiger partial charge is 0.313 e. The Balaban J connectivity index is 2.83. The first-order valence-electron chi connectivity index (χ1n) is 5.05. The topological polar surface area (TPSA) is 60.8 Å². The van der Waals surface area contributed by atoms with Gasteiger partial charge in [-0.25, -0.2) is 0 Å². The molecule has 14 heavy (non-hydrogen) atoms. The molecule has 0 radical (unpaired) electrons. The number of hydrogen-bond acceptors (Lipinski definition) is 3. The van der Waals surface area contributed by atoms with E-state index in [1.165, 1.54) is 0 Å². The second-order valence-corrected chi connectivity index (χ2v) is 4.46. The van der Waals surface area contributed by atoms with E-state index in [1.54, 1.807) is 0 Å². The van der Waals surface area contributed by atoms with Gasteiger partial charge in [-0.1, -0.05) is 12.8 Å². The molecule has 0 aliphatic heterocycles. The second kappa shape index (κ2) is 4.28. The lowest BCUT2D eigenvalue weighted by Gasteiger charge is -2.39. The molecule has 1 aliphatic rings. The van der Waals surface area contributed by atoms with Crippen LogP contribution < -0.4 is 0 Å². The highest BCUT2D eigenvalue weighted by atomic mass is 16.4. The van der Waals surface area contributed by atoms with Crippen molar-refractivity contribution in [2.75, 3.05) is 20.6 Å². The monoisotopic (exact) mass is 201 g/mol. The van der Waals surface area contributed by atoms with Gasteiger partial charge >= 0.3 is 5.97 Å². The minimum atomic E-state index is -0.943. The van der Waals surface area contributed by atoms with Crippen molar-refractivity contribution in [1.29, 1.82) is 0 Å². The SMILES string of the molecule is CN(C)CC1(C(=O)O)CCCCC1O. The molecule has 2 atom stereocenters. The number of carboxylic acid groups (broad SMARTS) is 1. The average molecular weight is 201 g/mol. The van der Waals surface area contributed by atoms with E-state index in [1.807, 2.05) is 19.0 Å². The molecular weight excluding hydrogens is 182 g/mol. The number of carboxylic acids is 1. The van der Waals surface area contributed by atoms with Crippen molar-refractivity contribution < 1.29 is 15.0 Å². The number of rotatable bonds is 3. The van der Waals surface area contributed by atoms with E-state index in [4.69, 9.17) is 0 Å². The largest absolute Gasteiger partial charge is 0.481 e. The van der Waals surface area contributed by atoms with Crippen molar-refractivity contribution >= 4 is 5.97 Å². The van der Waals surface area contributed by atoms with Gasteiger partial charge in [-0.15, -0.1) is 0 Å². The molecule has 1 rings (SSSR count). The molecule has 0 amide bonds. The number of hydrogen-bond donors (Lipinski definition) is 2. The highest BCUT2D eigenvalue weighted by Crippen LogP contribution is 2.37. The average Bonchev–Trinajstić information content (AvgIpc) is 2.08. The predicted molar refractivity (Wildman–Crippen MR) is 53.1 cm³/mol. The lowest BCUT2D eigenvalue weighted by molar-refractivity contribution is -0.161. The molecule has 2 unspecified atom stereocenters. The van der Waals surface area contributed by atoms with Crippen molar-refractivity contribution in [2.45, 2.75) is 31.8 Å². The standard InChI is InChI=1S/C10H19NO3/c1-11(2)7-10(9(13)14)6-4-3-5-8(10)12/h8,12H,3-7H2,1-2H3,(H,13,14). The Morgan fingerprint density at radius 3 is 2.57 bits per heavy atom. The Hall–Kier alpha value is -0.610. The van der Waals surface area contributed by atoms with E-state index in [2.05, 4.69) is 0 Å². The van der Waals surface area contributed by atoms with Gasteiger partial charge in [-0.3, -0.25) is 4.79 Å². The highest BCUT2D eigenvalue weighted by Gasteiger charge is 2.46. The fraction of sp³-hybridized carbons (Fsp3) is 0.900. The summed E-state index contributed by atoms with van der Waals surface area (Å²) in [7, 11) is 3.68. The molecule has 0 saturated heterocycles. The minimum Gasteiger partial charge on any atom is -0.481 e. The van der Waals surface area contributed by atoms with E-state index in [9.17, 15) is 15.0 Å². The Labute approximate surface area is 84.5 Å². The van der Waals surface area contributed by atoms with E-state index >= 15 is 0 Å². The molecule has 0 aromatic rings. The lowest BCUT2D eigenvalue weighted by Crippen LogP contribution is -2.51. The summed E-state index contributed by atoms with van der Waals surface area (Å²) < 4.78 is 0. The van der Waals surface area contributed by atoms with Crippen molar-refractivity contribution in [3.8, 4) is 0 Å². The lowest BCUT2D eigenvalue weighted by atomic mass is 9.71. The van der Waals surface area contributed by atoms with Gasteiger partial charge in [0.1, 0.15) is 5.41 Å². The maximum Gasteiger partial charge on any atom is 0.313 e. The fourth-order valence-corrected chi connectivity index (χ4v) is 2.29. The number of aliphatic hydroxyl groups is 1. The van der Waals surface area contributed by atoms with Crippen LogP contribution in [0.15, 0.2) is 0 Å². The van der Waals surface area contributed by atoms with Crippen LogP contribution in [0, 0.1) is 5.41 Å². The Morgan fingerprint density at radius 1 is 1.50 bits per heavy atom. The molecule has 4 heteroatoms. The van der Waals surface area contributed by atoms with Gasteiger partial charge in [0.05, 0.1) is 6.10 Å². The Bertz CT molecular complexity index is 217. The maximum absolute atomic E-state index is 11.2. The third kappa shape index (κ3) is 2.07. The van der Waals surface area contributed by atoms with E-state index in [-0.39, 0.29) is 0 Å². The van der Waals surface area contributed by atoms with Crippen LogP contribution in [0.4, 0.5) is 0 Å². The summed E-state index contributed by atoms with van der Waals surface area (Å²) in [6.45, 7) is 0.420. The van der Waals surface area contributed by atoms with E-state index < -0.39 is 17.5 Å². The first-order valence-corrected chi connectivity index (χ1v) is 5.05. The summed E-state index contributed by atoms with van der Waals surface area (Å²) in [6, 6.07) is 0. The van der Waals surface area contributed by atoms with Crippen LogP contribution in [0.1, 0.15) is 25.7 Å². The molecule has 1 saturated carbocycles. The van der Waals surface area contributed by atoms with E-state index in [0.29, 0.717) is 19.4 Å². The summed E-state index contributed by atoms with van der Waals surface area (Å²) in [5.41, 5.74) is -0.943. The Kier molecular flexibility index (Phi) is 3.50. The zero-order chi connectivity index (χ0) is 10.8. The van der Waals surface area contributed by atoms with Crippen LogP contribution in [0.5, 0.6) is 0 Å². The first kappa shape index (κ1) is 11.5. The molecule has 1 aliphatic carbocycles. The quantitative estimate of drug-likeness (QED) is 0.700.